The summed E-state index contributed by atoms with van der Waals surface area (Å²) < 4.78 is 26.2. The molecule has 0 spiro atoms. The second-order valence-corrected chi connectivity index (χ2v) is 6.99. The Hall–Kier alpha value is -2.05. The van der Waals surface area contributed by atoms with Crippen molar-refractivity contribution in [2.45, 2.75) is 11.8 Å². The molecule has 0 unspecified atom stereocenters. The van der Waals surface area contributed by atoms with E-state index in [4.69, 9.17) is 16.7 Å². The van der Waals surface area contributed by atoms with Crippen molar-refractivity contribution in [3.63, 3.8) is 0 Å². The zero-order valence-electron chi connectivity index (χ0n) is 11.7. The molecule has 0 aliphatic carbocycles. The number of hydrogen-bond acceptors (Lipinski definition) is 3. The van der Waals surface area contributed by atoms with E-state index in [2.05, 4.69) is 0 Å². The van der Waals surface area contributed by atoms with Crippen LogP contribution in [-0.2, 0) is 14.8 Å². The van der Waals surface area contributed by atoms with Gasteiger partial charge in [0.25, 0.3) is 10.0 Å². The lowest BCUT2D eigenvalue weighted by molar-refractivity contribution is -0.135. The molecule has 1 N–H and O–H groups in total. The van der Waals surface area contributed by atoms with Gasteiger partial charge < -0.3 is 5.11 Å². The number of halogens is 1. The van der Waals surface area contributed by atoms with E-state index in [9.17, 15) is 13.2 Å². The molecule has 2 aromatic carbocycles. The molecule has 2 rings (SSSR count). The highest BCUT2D eigenvalue weighted by Gasteiger charge is 2.26. The third-order valence-corrected chi connectivity index (χ3v) is 5.04. The van der Waals surface area contributed by atoms with Gasteiger partial charge in [-0.25, -0.2) is 8.42 Å². The standard InChI is InChI=1S/C15H14ClNO4S/c1-11-2-6-13(7-3-11)17(10-15(18)19)22(20,21)14-8-4-12(16)5-9-14/h2-9H,10H2,1H3,(H,18,19). The van der Waals surface area contributed by atoms with E-state index in [1.54, 1.807) is 24.3 Å². The molecule has 22 heavy (non-hydrogen) atoms. The molecule has 0 aromatic heterocycles. The number of anilines is 1. The smallest absolute Gasteiger partial charge is 0.324 e. The van der Waals surface area contributed by atoms with Crippen LogP contribution in [0.4, 0.5) is 5.69 Å². The number of benzene rings is 2. The Bertz CT molecular complexity index is 770. The highest BCUT2D eigenvalue weighted by Crippen LogP contribution is 2.24. The van der Waals surface area contributed by atoms with Crippen molar-refractivity contribution in [3.8, 4) is 0 Å². The average molecular weight is 340 g/mol. The minimum Gasteiger partial charge on any atom is -0.480 e. The lowest BCUT2D eigenvalue weighted by atomic mass is 10.2. The van der Waals surface area contributed by atoms with Crippen LogP contribution in [0, 0.1) is 6.92 Å². The molecule has 116 valence electrons. The van der Waals surface area contributed by atoms with Crippen LogP contribution in [0.15, 0.2) is 53.4 Å². The van der Waals surface area contributed by atoms with Crippen molar-refractivity contribution in [3.05, 3.63) is 59.1 Å². The van der Waals surface area contributed by atoms with Crippen molar-refractivity contribution in [1.29, 1.82) is 0 Å². The minimum absolute atomic E-state index is 0.0151. The van der Waals surface area contributed by atoms with Gasteiger partial charge in [-0.05, 0) is 43.3 Å². The van der Waals surface area contributed by atoms with Crippen molar-refractivity contribution < 1.29 is 18.3 Å². The highest BCUT2D eigenvalue weighted by atomic mass is 35.5. The molecule has 5 nitrogen and oxygen atoms in total. The molecular weight excluding hydrogens is 326 g/mol. The molecule has 0 saturated carbocycles. The molecule has 0 heterocycles. The van der Waals surface area contributed by atoms with E-state index in [1.165, 1.54) is 24.3 Å². The van der Waals surface area contributed by atoms with Crippen molar-refractivity contribution in [2.24, 2.45) is 0 Å². The molecule has 0 fully saturated rings. The molecule has 7 heteroatoms. The fourth-order valence-corrected chi connectivity index (χ4v) is 3.42. The summed E-state index contributed by atoms with van der Waals surface area (Å²) in [5, 5.41) is 9.43. The second kappa shape index (κ2) is 6.37. The van der Waals surface area contributed by atoms with Crippen LogP contribution in [0.1, 0.15) is 5.56 Å². The Morgan fingerprint density at radius 3 is 2.14 bits per heavy atom. The zero-order valence-corrected chi connectivity index (χ0v) is 13.3. The SMILES string of the molecule is Cc1ccc(N(CC(=O)O)S(=O)(=O)c2ccc(Cl)cc2)cc1. The fraction of sp³-hybridized carbons (Fsp3) is 0.133. The van der Waals surface area contributed by atoms with Crippen molar-refractivity contribution in [2.75, 3.05) is 10.8 Å². The van der Waals surface area contributed by atoms with Gasteiger partial charge in [0.05, 0.1) is 10.6 Å². The first-order chi connectivity index (χ1) is 10.3. The lowest BCUT2D eigenvalue weighted by Crippen LogP contribution is -2.35. The van der Waals surface area contributed by atoms with E-state index in [0.717, 1.165) is 9.87 Å². The third kappa shape index (κ3) is 3.58. The Balaban J connectivity index is 2.50. The van der Waals surface area contributed by atoms with Gasteiger partial charge in [0.15, 0.2) is 0 Å². The van der Waals surface area contributed by atoms with Crippen LogP contribution >= 0.6 is 11.6 Å². The second-order valence-electron chi connectivity index (χ2n) is 4.69. The molecule has 0 amide bonds. The first kappa shape index (κ1) is 16.3. The molecule has 0 aliphatic heterocycles. The van der Waals surface area contributed by atoms with E-state index in [1.807, 2.05) is 6.92 Å². The number of nitrogens with zero attached hydrogens (tertiary/aromatic N) is 1. The van der Waals surface area contributed by atoms with E-state index < -0.39 is 22.5 Å². The topological polar surface area (TPSA) is 74.7 Å². The summed E-state index contributed by atoms with van der Waals surface area (Å²) in [5.74, 6) is -1.24. The monoisotopic (exact) mass is 339 g/mol. The number of aliphatic carboxylic acids is 1. The predicted molar refractivity (Wildman–Crippen MR) is 84.8 cm³/mol. The summed E-state index contributed by atoms with van der Waals surface area (Å²) in [5.41, 5.74) is 1.24. The summed E-state index contributed by atoms with van der Waals surface area (Å²) in [6, 6.07) is 12.2. The summed E-state index contributed by atoms with van der Waals surface area (Å²) in [4.78, 5) is 11.0. The van der Waals surface area contributed by atoms with Gasteiger partial charge in [-0.3, -0.25) is 9.10 Å². The van der Waals surface area contributed by atoms with Gasteiger partial charge in [0.1, 0.15) is 6.54 Å². The highest BCUT2D eigenvalue weighted by molar-refractivity contribution is 7.92. The van der Waals surface area contributed by atoms with Crippen LogP contribution in [0.5, 0.6) is 0 Å². The van der Waals surface area contributed by atoms with Gasteiger partial charge in [-0.2, -0.15) is 0 Å². The van der Waals surface area contributed by atoms with E-state index >= 15 is 0 Å². The summed E-state index contributed by atoms with van der Waals surface area (Å²) in [7, 11) is -3.98. The number of aryl methyl sites for hydroxylation is 1. The molecule has 0 bridgehead atoms. The Morgan fingerprint density at radius 2 is 1.64 bits per heavy atom. The number of sulfonamides is 1. The minimum atomic E-state index is -3.98. The molecule has 0 aliphatic rings. The number of rotatable bonds is 5. The maximum Gasteiger partial charge on any atom is 0.324 e. The van der Waals surface area contributed by atoms with Crippen LogP contribution in [0.2, 0.25) is 5.02 Å². The molecule has 0 radical (unpaired) electrons. The van der Waals surface area contributed by atoms with Crippen LogP contribution in [-0.4, -0.2) is 26.0 Å². The molecule has 2 aromatic rings. The number of hydrogen-bond donors (Lipinski definition) is 1. The molecule has 0 atom stereocenters. The number of carboxylic acids is 1. The molecule has 0 saturated heterocycles. The van der Waals surface area contributed by atoms with E-state index in [-0.39, 0.29) is 4.90 Å². The van der Waals surface area contributed by atoms with Crippen LogP contribution in [0.25, 0.3) is 0 Å². The van der Waals surface area contributed by atoms with Gasteiger partial charge in [0.2, 0.25) is 0 Å². The van der Waals surface area contributed by atoms with Gasteiger partial charge in [-0.15, -0.1) is 0 Å². The summed E-state index contributed by atoms with van der Waals surface area (Å²) >= 11 is 5.76. The Morgan fingerprint density at radius 1 is 1.09 bits per heavy atom. The van der Waals surface area contributed by atoms with Gasteiger partial charge in [-0.1, -0.05) is 29.3 Å². The first-order valence-electron chi connectivity index (χ1n) is 6.37. The fourth-order valence-electron chi connectivity index (χ4n) is 1.88. The van der Waals surface area contributed by atoms with Crippen molar-refractivity contribution in [1.82, 2.24) is 0 Å². The van der Waals surface area contributed by atoms with Gasteiger partial charge >= 0.3 is 5.97 Å². The Kier molecular flexibility index (Phi) is 4.73. The average Bonchev–Trinajstić information content (AvgIpc) is 2.46. The predicted octanol–water partition coefficient (Wildman–Crippen LogP) is 2.93. The van der Waals surface area contributed by atoms with Crippen LogP contribution in [0.3, 0.4) is 0 Å². The van der Waals surface area contributed by atoms with Crippen LogP contribution < -0.4 is 4.31 Å². The summed E-state index contributed by atoms with van der Waals surface area (Å²) in [6.45, 7) is 1.20. The first-order valence-corrected chi connectivity index (χ1v) is 8.19. The van der Waals surface area contributed by atoms with Crippen molar-refractivity contribution >= 4 is 33.3 Å². The number of carboxylic acid groups (broad SMARTS) is 1. The number of carbonyl (C=O) groups is 1. The largest absolute Gasteiger partial charge is 0.480 e. The Labute approximate surface area is 133 Å². The maximum atomic E-state index is 12.7. The normalized spacial score (nSPS) is 11.2. The van der Waals surface area contributed by atoms with E-state index in [0.29, 0.717) is 10.7 Å². The lowest BCUT2D eigenvalue weighted by Gasteiger charge is -2.22. The third-order valence-electron chi connectivity index (χ3n) is 3.00. The van der Waals surface area contributed by atoms with Gasteiger partial charge in [0, 0.05) is 5.02 Å². The molecular formula is C15H14ClNO4S. The maximum absolute atomic E-state index is 12.7. The summed E-state index contributed by atoms with van der Waals surface area (Å²) in [6.07, 6.45) is 0. The quantitative estimate of drug-likeness (QED) is 0.908. The zero-order chi connectivity index (χ0) is 16.3.